The molecule has 2 rings (SSSR count). The van der Waals surface area contributed by atoms with Gasteiger partial charge in [-0.15, -0.1) is 0 Å². The second-order valence-corrected chi connectivity index (χ2v) is 6.05. The molecule has 1 aliphatic heterocycles. The van der Waals surface area contributed by atoms with Crippen LogP contribution in [0.25, 0.3) is 0 Å². The maximum atomic E-state index is 5.69. The van der Waals surface area contributed by atoms with Crippen molar-refractivity contribution >= 4 is 5.82 Å². The van der Waals surface area contributed by atoms with Crippen molar-refractivity contribution in [2.75, 3.05) is 18.5 Å². The first-order chi connectivity index (χ1) is 8.55. The minimum atomic E-state index is 0.165. The van der Waals surface area contributed by atoms with Gasteiger partial charge in [-0.2, -0.15) is 0 Å². The minimum absolute atomic E-state index is 0.165. The maximum Gasteiger partial charge on any atom is 0.125 e. The van der Waals surface area contributed by atoms with E-state index < -0.39 is 0 Å². The molecule has 1 unspecified atom stereocenters. The minimum Gasteiger partial charge on any atom is -0.376 e. The Morgan fingerprint density at radius 2 is 2.17 bits per heavy atom. The standard InChI is InChI=1S/C15H24N2O/c1-15(2,3)12-7-8-14(16-10-12)17-11-13-6-4-5-9-18-13/h7-8,10,13H,4-6,9,11H2,1-3H3,(H,16,17). The van der Waals surface area contributed by atoms with E-state index in [4.69, 9.17) is 4.74 Å². The van der Waals surface area contributed by atoms with Crippen LogP contribution in [0.2, 0.25) is 0 Å². The molecule has 0 radical (unpaired) electrons. The van der Waals surface area contributed by atoms with Crippen LogP contribution in [0.3, 0.4) is 0 Å². The number of anilines is 1. The molecule has 0 bridgehead atoms. The van der Waals surface area contributed by atoms with Gasteiger partial charge in [0.15, 0.2) is 0 Å². The van der Waals surface area contributed by atoms with Gasteiger partial charge < -0.3 is 10.1 Å². The van der Waals surface area contributed by atoms with Gasteiger partial charge in [0.25, 0.3) is 0 Å². The maximum absolute atomic E-state index is 5.69. The van der Waals surface area contributed by atoms with Gasteiger partial charge in [-0.3, -0.25) is 0 Å². The van der Waals surface area contributed by atoms with Crippen LogP contribution in [-0.2, 0) is 10.2 Å². The van der Waals surface area contributed by atoms with Gasteiger partial charge in [-0.25, -0.2) is 4.98 Å². The number of ether oxygens (including phenoxy) is 1. The summed E-state index contributed by atoms with van der Waals surface area (Å²) in [6, 6.07) is 4.21. The average Bonchev–Trinajstić information content (AvgIpc) is 2.37. The summed E-state index contributed by atoms with van der Waals surface area (Å²) in [6.07, 6.45) is 5.96. The fraction of sp³-hybridized carbons (Fsp3) is 0.667. The Morgan fingerprint density at radius 3 is 2.72 bits per heavy atom. The number of hydrogen-bond donors (Lipinski definition) is 1. The third-order valence-electron chi connectivity index (χ3n) is 3.41. The number of pyridine rings is 1. The molecule has 1 aromatic heterocycles. The zero-order chi connectivity index (χ0) is 13.0. The third-order valence-corrected chi connectivity index (χ3v) is 3.41. The Labute approximate surface area is 110 Å². The van der Waals surface area contributed by atoms with Crippen molar-refractivity contribution in [1.29, 1.82) is 0 Å². The Balaban J connectivity index is 1.86. The molecule has 0 spiro atoms. The van der Waals surface area contributed by atoms with Crippen molar-refractivity contribution < 1.29 is 4.74 Å². The summed E-state index contributed by atoms with van der Waals surface area (Å²) in [5, 5.41) is 3.36. The molecular formula is C15H24N2O. The summed E-state index contributed by atoms with van der Waals surface area (Å²) in [4.78, 5) is 4.46. The van der Waals surface area contributed by atoms with Crippen molar-refractivity contribution in [2.45, 2.75) is 51.6 Å². The Bertz CT molecular complexity index is 361. The monoisotopic (exact) mass is 248 g/mol. The van der Waals surface area contributed by atoms with Crippen LogP contribution in [0.4, 0.5) is 5.82 Å². The van der Waals surface area contributed by atoms with Gasteiger partial charge in [0.05, 0.1) is 6.10 Å². The summed E-state index contributed by atoms with van der Waals surface area (Å²) in [5.74, 6) is 0.942. The first-order valence-electron chi connectivity index (χ1n) is 6.88. The molecule has 0 amide bonds. The van der Waals surface area contributed by atoms with Crippen LogP contribution < -0.4 is 5.32 Å². The summed E-state index contributed by atoms with van der Waals surface area (Å²) >= 11 is 0. The predicted molar refractivity (Wildman–Crippen MR) is 75.0 cm³/mol. The SMILES string of the molecule is CC(C)(C)c1ccc(NCC2CCCCO2)nc1. The van der Waals surface area contributed by atoms with Crippen molar-refractivity contribution in [2.24, 2.45) is 0 Å². The second-order valence-electron chi connectivity index (χ2n) is 6.05. The van der Waals surface area contributed by atoms with Crippen molar-refractivity contribution in [3.8, 4) is 0 Å². The Hall–Kier alpha value is -1.09. The van der Waals surface area contributed by atoms with Gasteiger partial charge >= 0.3 is 0 Å². The Kier molecular flexibility index (Phi) is 4.23. The molecule has 3 heteroatoms. The van der Waals surface area contributed by atoms with Gasteiger partial charge in [0.1, 0.15) is 5.82 Å². The van der Waals surface area contributed by atoms with E-state index in [1.54, 1.807) is 0 Å². The Morgan fingerprint density at radius 1 is 1.33 bits per heavy atom. The summed E-state index contributed by atoms with van der Waals surface area (Å²) in [5.41, 5.74) is 1.43. The number of nitrogens with zero attached hydrogens (tertiary/aromatic N) is 1. The largest absolute Gasteiger partial charge is 0.376 e. The molecule has 1 atom stereocenters. The highest BCUT2D eigenvalue weighted by Gasteiger charge is 2.15. The lowest BCUT2D eigenvalue weighted by Crippen LogP contribution is -2.27. The van der Waals surface area contributed by atoms with Crippen LogP contribution >= 0.6 is 0 Å². The molecule has 1 fully saturated rings. The predicted octanol–water partition coefficient (Wildman–Crippen LogP) is 3.36. The molecule has 1 saturated heterocycles. The lowest BCUT2D eigenvalue weighted by molar-refractivity contribution is 0.0247. The van der Waals surface area contributed by atoms with E-state index >= 15 is 0 Å². The van der Waals surface area contributed by atoms with Crippen molar-refractivity contribution in [1.82, 2.24) is 4.98 Å². The zero-order valence-corrected chi connectivity index (χ0v) is 11.7. The molecule has 0 aliphatic carbocycles. The molecule has 3 nitrogen and oxygen atoms in total. The molecule has 100 valence electrons. The van der Waals surface area contributed by atoms with Gasteiger partial charge in [0, 0.05) is 19.3 Å². The first-order valence-corrected chi connectivity index (χ1v) is 6.88. The van der Waals surface area contributed by atoms with E-state index in [0.29, 0.717) is 6.10 Å². The topological polar surface area (TPSA) is 34.1 Å². The van der Waals surface area contributed by atoms with E-state index in [-0.39, 0.29) is 5.41 Å². The van der Waals surface area contributed by atoms with Crippen molar-refractivity contribution in [3.63, 3.8) is 0 Å². The van der Waals surface area contributed by atoms with Gasteiger partial charge in [0.2, 0.25) is 0 Å². The number of rotatable bonds is 3. The van der Waals surface area contributed by atoms with Crippen molar-refractivity contribution in [3.05, 3.63) is 23.9 Å². The number of nitrogens with one attached hydrogen (secondary N) is 1. The molecular weight excluding hydrogens is 224 g/mol. The molecule has 0 aromatic carbocycles. The number of hydrogen-bond acceptors (Lipinski definition) is 3. The van der Waals surface area contributed by atoms with E-state index in [0.717, 1.165) is 25.4 Å². The summed E-state index contributed by atoms with van der Waals surface area (Å²) < 4.78 is 5.69. The third kappa shape index (κ3) is 3.70. The summed E-state index contributed by atoms with van der Waals surface area (Å²) in [6.45, 7) is 8.37. The van der Waals surface area contributed by atoms with Crippen LogP contribution in [0, 0.1) is 0 Å². The van der Waals surface area contributed by atoms with Gasteiger partial charge in [-0.1, -0.05) is 26.8 Å². The van der Waals surface area contributed by atoms with Gasteiger partial charge in [-0.05, 0) is 36.3 Å². The lowest BCUT2D eigenvalue weighted by Gasteiger charge is -2.23. The highest BCUT2D eigenvalue weighted by molar-refractivity contribution is 5.37. The second kappa shape index (κ2) is 5.70. The van der Waals surface area contributed by atoms with E-state index in [9.17, 15) is 0 Å². The van der Waals surface area contributed by atoms with Crippen LogP contribution in [0.15, 0.2) is 18.3 Å². The quantitative estimate of drug-likeness (QED) is 0.890. The fourth-order valence-electron chi connectivity index (χ4n) is 2.13. The lowest BCUT2D eigenvalue weighted by atomic mass is 9.88. The van der Waals surface area contributed by atoms with E-state index in [2.05, 4.69) is 43.2 Å². The van der Waals surface area contributed by atoms with Crippen LogP contribution in [0.5, 0.6) is 0 Å². The van der Waals surface area contributed by atoms with E-state index in [1.165, 1.54) is 18.4 Å². The van der Waals surface area contributed by atoms with Crippen LogP contribution in [-0.4, -0.2) is 24.2 Å². The molecule has 0 saturated carbocycles. The average molecular weight is 248 g/mol. The van der Waals surface area contributed by atoms with Crippen LogP contribution in [0.1, 0.15) is 45.6 Å². The molecule has 2 heterocycles. The van der Waals surface area contributed by atoms with E-state index in [1.807, 2.05) is 6.20 Å². The molecule has 18 heavy (non-hydrogen) atoms. The number of aromatic nitrogens is 1. The molecule has 1 aliphatic rings. The highest BCUT2D eigenvalue weighted by atomic mass is 16.5. The zero-order valence-electron chi connectivity index (χ0n) is 11.7. The summed E-state index contributed by atoms with van der Waals surface area (Å²) in [7, 11) is 0. The molecule has 1 N–H and O–H groups in total. The highest BCUT2D eigenvalue weighted by Crippen LogP contribution is 2.22. The first kappa shape index (κ1) is 13.3. The molecule has 1 aromatic rings. The fourth-order valence-corrected chi connectivity index (χ4v) is 2.13. The smallest absolute Gasteiger partial charge is 0.125 e. The normalized spacial score (nSPS) is 20.7.